The molecule has 4 heteroatoms. The van der Waals surface area contributed by atoms with Crippen molar-refractivity contribution < 1.29 is 19.4 Å². The lowest BCUT2D eigenvalue weighted by Gasteiger charge is -2.11. The van der Waals surface area contributed by atoms with E-state index < -0.39 is 5.97 Å². The highest BCUT2D eigenvalue weighted by Crippen LogP contribution is 2.22. The third kappa shape index (κ3) is 8.61. The molecule has 30 heavy (non-hydrogen) atoms. The van der Waals surface area contributed by atoms with Crippen molar-refractivity contribution in [3.8, 4) is 23.3 Å². The lowest BCUT2D eigenvalue weighted by molar-refractivity contribution is -0.137. The number of aliphatic carboxylic acids is 1. The van der Waals surface area contributed by atoms with Crippen LogP contribution in [0.5, 0.6) is 11.5 Å². The highest BCUT2D eigenvalue weighted by atomic mass is 16.5. The van der Waals surface area contributed by atoms with E-state index in [0.29, 0.717) is 19.1 Å². The minimum absolute atomic E-state index is 0.00141. The summed E-state index contributed by atoms with van der Waals surface area (Å²) in [5.41, 5.74) is 2.21. The molecule has 4 nitrogen and oxygen atoms in total. The second kappa shape index (κ2) is 12.6. The van der Waals surface area contributed by atoms with E-state index in [1.807, 2.05) is 36.4 Å². The minimum atomic E-state index is -0.850. The molecule has 2 aromatic carbocycles. The van der Waals surface area contributed by atoms with Gasteiger partial charge < -0.3 is 14.6 Å². The van der Waals surface area contributed by atoms with Gasteiger partial charge in [0.2, 0.25) is 0 Å². The molecule has 1 unspecified atom stereocenters. The molecule has 0 aliphatic heterocycles. The van der Waals surface area contributed by atoms with E-state index >= 15 is 0 Å². The van der Waals surface area contributed by atoms with Crippen LogP contribution in [-0.4, -0.2) is 24.3 Å². The van der Waals surface area contributed by atoms with Crippen LogP contribution in [0.1, 0.15) is 57.1 Å². The molecule has 0 saturated carbocycles. The summed E-state index contributed by atoms with van der Waals surface area (Å²) < 4.78 is 11.6. The second-order valence-electron chi connectivity index (χ2n) is 7.76. The second-order valence-corrected chi connectivity index (χ2v) is 7.76. The molecular weight excluding hydrogens is 376 g/mol. The summed E-state index contributed by atoms with van der Waals surface area (Å²) in [5, 5.41) is 9.03. The van der Waals surface area contributed by atoms with Gasteiger partial charge in [-0.15, -0.1) is 5.92 Å². The molecule has 2 aromatic rings. The number of carboxylic acid groups (broad SMARTS) is 1. The highest BCUT2D eigenvalue weighted by Gasteiger charge is 2.13. The molecule has 0 aromatic heterocycles. The molecule has 1 atom stereocenters. The molecule has 0 bridgehead atoms. The van der Waals surface area contributed by atoms with Gasteiger partial charge in [0.1, 0.15) is 11.5 Å². The van der Waals surface area contributed by atoms with Crippen LogP contribution >= 0.6 is 0 Å². The first-order chi connectivity index (χ1) is 14.5. The fourth-order valence-corrected chi connectivity index (χ4v) is 3.22. The number of rotatable bonds is 12. The van der Waals surface area contributed by atoms with Crippen LogP contribution in [0.4, 0.5) is 0 Å². The van der Waals surface area contributed by atoms with Crippen molar-refractivity contribution in [1.82, 2.24) is 0 Å². The van der Waals surface area contributed by atoms with Gasteiger partial charge >= 0.3 is 5.97 Å². The van der Waals surface area contributed by atoms with Gasteiger partial charge in [0, 0.05) is 0 Å². The number of carboxylic acids is 1. The molecule has 0 radical (unpaired) electrons. The van der Waals surface area contributed by atoms with Crippen LogP contribution in [0.2, 0.25) is 0 Å². The van der Waals surface area contributed by atoms with Crippen molar-refractivity contribution in [3.05, 3.63) is 59.7 Å². The van der Waals surface area contributed by atoms with E-state index in [1.54, 1.807) is 6.92 Å². The van der Waals surface area contributed by atoms with E-state index in [-0.39, 0.29) is 12.3 Å². The number of benzene rings is 2. The largest absolute Gasteiger partial charge is 0.494 e. The summed E-state index contributed by atoms with van der Waals surface area (Å²) in [6.45, 7) is 7.44. The van der Waals surface area contributed by atoms with Crippen LogP contribution in [0.25, 0.3) is 0 Å². The fourth-order valence-electron chi connectivity index (χ4n) is 3.22. The summed E-state index contributed by atoms with van der Waals surface area (Å²) in [4.78, 5) is 11.0. The van der Waals surface area contributed by atoms with Crippen molar-refractivity contribution in [1.29, 1.82) is 0 Å². The Labute approximate surface area is 180 Å². The van der Waals surface area contributed by atoms with E-state index in [2.05, 4.69) is 37.8 Å². The van der Waals surface area contributed by atoms with Gasteiger partial charge in [-0.3, -0.25) is 4.79 Å². The Hall–Kier alpha value is -2.93. The van der Waals surface area contributed by atoms with E-state index in [9.17, 15) is 4.79 Å². The Kier molecular flexibility index (Phi) is 9.80. The number of carbonyl (C=O) groups is 1. The zero-order chi connectivity index (χ0) is 21.8. The first-order valence-electron chi connectivity index (χ1n) is 10.6. The number of hydrogen-bond acceptors (Lipinski definition) is 3. The minimum Gasteiger partial charge on any atom is -0.494 e. The van der Waals surface area contributed by atoms with Gasteiger partial charge in [-0.1, -0.05) is 44.0 Å². The van der Waals surface area contributed by atoms with Crippen molar-refractivity contribution in [3.63, 3.8) is 0 Å². The Morgan fingerprint density at radius 1 is 1.00 bits per heavy atom. The molecule has 0 heterocycles. The zero-order valence-electron chi connectivity index (χ0n) is 18.2. The number of unbranched alkanes of at least 4 members (excludes halogenated alkanes) is 1. The fraction of sp³-hybridized carbons (Fsp3) is 0.423. The van der Waals surface area contributed by atoms with Gasteiger partial charge in [-0.2, -0.15) is 0 Å². The van der Waals surface area contributed by atoms with Crippen molar-refractivity contribution >= 4 is 5.97 Å². The summed E-state index contributed by atoms with van der Waals surface area (Å²) in [7, 11) is 0. The monoisotopic (exact) mass is 408 g/mol. The van der Waals surface area contributed by atoms with Crippen LogP contribution in [0, 0.1) is 17.8 Å². The first kappa shape index (κ1) is 23.3. The van der Waals surface area contributed by atoms with Gasteiger partial charge in [-0.25, -0.2) is 0 Å². The Bertz CT molecular complexity index is 843. The van der Waals surface area contributed by atoms with E-state index in [0.717, 1.165) is 36.3 Å². The van der Waals surface area contributed by atoms with Gasteiger partial charge in [0.05, 0.1) is 25.6 Å². The van der Waals surface area contributed by atoms with E-state index in [4.69, 9.17) is 14.6 Å². The van der Waals surface area contributed by atoms with Crippen molar-refractivity contribution in [2.75, 3.05) is 13.2 Å². The highest BCUT2D eigenvalue weighted by molar-refractivity contribution is 5.69. The molecule has 2 rings (SSSR count). The third-order valence-corrected chi connectivity index (χ3v) is 4.60. The standard InChI is InChI=1S/C26H32O4/c1-4-8-23(19-26(27)28)22-11-13-24(14-12-22)29-15-5-6-16-30-25-10-7-9-21(18-25)17-20(2)3/h7,9-14,18,20,23H,5-6,15-17,19H2,1-3H3,(H,27,28). The van der Waals surface area contributed by atoms with E-state index in [1.165, 1.54) is 5.56 Å². The lowest BCUT2D eigenvalue weighted by atomic mass is 9.96. The maximum atomic E-state index is 11.0. The maximum Gasteiger partial charge on any atom is 0.304 e. The molecule has 0 saturated heterocycles. The van der Waals surface area contributed by atoms with Crippen molar-refractivity contribution in [2.24, 2.45) is 5.92 Å². The predicted octanol–water partition coefficient (Wildman–Crippen LogP) is 5.70. The smallest absolute Gasteiger partial charge is 0.304 e. The number of ether oxygens (including phenoxy) is 2. The summed E-state index contributed by atoms with van der Waals surface area (Å²) in [6, 6.07) is 15.8. The molecule has 0 aliphatic rings. The van der Waals surface area contributed by atoms with Crippen LogP contribution < -0.4 is 9.47 Å². The Morgan fingerprint density at radius 2 is 1.67 bits per heavy atom. The molecular formula is C26H32O4. The number of hydrogen-bond donors (Lipinski definition) is 1. The van der Waals surface area contributed by atoms with Gasteiger partial charge in [0.25, 0.3) is 0 Å². The van der Waals surface area contributed by atoms with Gasteiger partial charge in [0.15, 0.2) is 0 Å². The summed E-state index contributed by atoms with van der Waals surface area (Å²) in [5.74, 6) is 6.96. The van der Waals surface area contributed by atoms with Crippen molar-refractivity contribution in [2.45, 2.75) is 52.4 Å². The van der Waals surface area contributed by atoms with Crippen LogP contribution in [0.15, 0.2) is 48.5 Å². The first-order valence-corrected chi connectivity index (χ1v) is 10.6. The molecule has 160 valence electrons. The third-order valence-electron chi connectivity index (χ3n) is 4.60. The zero-order valence-corrected chi connectivity index (χ0v) is 18.2. The van der Waals surface area contributed by atoms with Gasteiger partial charge in [-0.05, 0) is 67.5 Å². The molecule has 0 spiro atoms. The average Bonchev–Trinajstić information content (AvgIpc) is 2.70. The van der Waals surface area contributed by atoms with Crippen LogP contribution in [0.3, 0.4) is 0 Å². The summed E-state index contributed by atoms with van der Waals surface area (Å²) >= 11 is 0. The normalized spacial score (nSPS) is 11.5. The Balaban J connectivity index is 1.70. The lowest BCUT2D eigenvalue weighted by Crippen LogP contribution is -2.05. The quantitative estimate of drug-likeness (QED) is 0.361. The molecule has 0 fully saturated rings. The maximum absolute atomic E-state index is 11.0. The topological polar surface area (TPSA) is 55.8 Å². The Morgan fingerprint density at radius 3 is 2.27 bits per heavy atom. The predicted molar refractivity (Wildman–Crippen MR) is 120 cm³/mol. The SMILES string of the molecule is CC#CC(CC(=O)O)c1ccc(OCCCCOc2cccc(CC(C)C)c2)cc1. The molecule has 1 N–H and O–H groups in total. The molecule has 0 aliphatic carbocycles. The summed E-state index contributed by atoms with van der Waals surface area (Å²) in [6.07, 6.45) is 2.88. The van der Waals surface area contributed by atoms with Crippen LogP contribution in [-0.2, 0) is 11.2 Å². The molecule has 0 amide bonds. The average molecular weight is 409 g/mol.